The summed E-state index contributed by atoms with van der Waals surface area (Å²) in [5.74, 6) is -1.66. The molecule has 3 heterocycles. The number of carboxylic acid groups (broad SMARTS) is 1. The van der Waals surface area contributed by atoms with Crippen LogP contribution in [0.3, 0.4) is 0 Å². The summed E-state index contributed by atoms with van der Waals surface area (Å²) in [4.78, 5) is 34.4. The van der Waals surface area contributed by atoms with E-state index in [9.17, 15) is 14.7 Å². The van der Waals surface area contributed by atoms with Gasteiger partial charge in [-0.2, -0.15) is 0 Å². The summed E-state index contributed by atoms with van der Waals surface area (Å²) >= 11 is 0. The van der Waals surface area contributed by atoms with E-state index in [0.717, 1.165) is 33.7 Å². The number of nitrogens with one attached hydrogen (secondary N) is 1. The fourth-order valence-corrected chi connectivity index (χ4v) is 4.93. The Labute approximate surface area is 226 Å². The fourth-order valence-electron chi connectivity index (χ4n) is 4.93. The lowest BCUT2D eigenvalue weighted by molar-refractivity contribution is -0.138. The van der Waals surface area contributed by atoms with Crippen LogP contribution in [0.2, 0.25) is 0 Å². The average Bonchev–Trinajstić information content (AvgIpc) is 3.27. The van der Waals surface area contributed by atoms with Gasteiger partial charge in [0.25, 0.3) is 0 Å². The molecule has 5 rings (SSSR count). The molecule has 0 spiro atoms. The van der Waals surface area contributed by atoms with Crippen LogP contribution in [0.1, 0.15) is 30.8 Å². The van der Waals surface area contributed by atoms with Crippen molar-refractivity contribution in [2.75, 3.05) is 6.61 Å². The van der Waals surface area contributed by atoms with Gasteiger partial charge in [0.05, 0.1) is 35.2 Å². The first-order valence-electron chi connectivity index (χ1n) is 12.6. The number of aromatic nitrogens is 3. The molecule has 0 fully saturated rings. The Balaban J connectivity index is 1.62. The maximum Gasteiger partial charge on any atom is 0.337 e. The highest BCUT2D eigenvalue weighted by Crippen LogP contribution is 2.36. The van der Waals surface area contributed by atoms with Gasteiger partial charge in [0.15, 0.2) is 0 Å². The third-order valence-electron chi connectivity index (χ3n) is 6.65. The van der Waals surface area contributed by atoms with Gasteiger partial charge in [-0.25, -0.2) is 14.6 Å². The number of esters is 1. The lowest BCUT2D eigenvalue weighted by atomic mass is 9.83. The number of carboxylic acids is 1. The molecular weight excluding hydrogens is 492 g/mol. The third-order valence-corrected chi connectivity index (χ3v) is 6.65. The van der Waals surface area contributed by atoms with Crippen LogP contribution in [0, 0.1) is 12.8 Å². The summed E-state index contributed by atoms with van der Waals surface area (Å²) in [5.41, 5.74) is 5.58. The molecule has 2 aromatic heterocycles. The summed E-state index contributed by atoms with van der Waals surface area (Å²) in [6.45, 7) is 5.53. The second-order valence-corrected chi connectivity index (χ2v) is 9.13. The molecule has 0 radical (unpaired) electrons. The van der Waals surface area contributed by atoms with Gasteiger partial charge in [0.2, 0.25) is 0 Å². The zero-order valence-electron chi connectivity index (χ0n) is 21.9. The van der Waals surface area contributed by atoms with E-state index < -0.39 is 17.9 Å². The minimum atomic E-state index is -1.10. The normalized spacial score (nSPS) is 15.6. The molecule has 0 bridgehead atoms. The van der Waals surface area contributed by atoms with Crippen LogP contribution in [-0.4, -0.2) is 38.2 Å². The summed E-state index contributed by atoms with van der Waals surface area (Å²) < 4.78 is 7.46. The predicted molar refractivity (Wildman–Crippen MR) is 150 cm³/mol. The zero-order chi connectivity index (χ0) is 27.5. The highest BCUT2D eigenvalue weighted by molar-refractivity contribution is 6.04. The third kappa shape index (κ3) is 4.96. The van der Waals surface area contributed by atoms with Crippen molar-refractivity contribution < 1.29 is 19.4 Å². The Morgan fingerprint density at radius 2 is 1.79 bits per heavy atom. The molecule has 1 aliphatic heterocycles. The summed E-state index contributed by atoms with van der Waals surface area (Å²) in [5, 5.41) is 13.3. The molecule has 1 unspecified atom stereocenters. The number of aliphatic carboxylic acids is 1. The lowest BCUT2D eigenvalue weighted by Crippen LogP contribution is -2.32. The first kappa shape index (κ1) is 25.7. The second-order valence-electron chi connectivity index (χ2n) is 9.13. The first-order valence-corrected chi connectivity index (χ1v) is 12.6. The Morgan fingerprint density at radius 1 is 1.05 bits per heavy atom. The van der Waals surface area contributed by atoms with Crippen LogP contribution >= 0.6 is 0 Å². The van der Waals surface area contributed by atoms with E-state index in [-0.39, 0.29) is 17.8 Å². The number of rotatable bonds is 7. The second kappa shape index (κ2) is 10.8. The van der Waals surface area contributed by atoms with Gasteiger partial charge >= 0.3 is 11.9 Å². The molecule has 0 saturated heterocycles. The van der Waals surface area contributed by atoms with Crippen molar-refractivity contribution in [2.24, 2.45) is 5.92 Å². The van der Waals surface area contributed by atoms with Gasteiger partial charge in [0, 0.05) is 23.5 Å². The van der Waals surface area contributed by atoms with Crippen LogP contribution in [0.4, 0.5) is 0 Å². The molecule has 1 aliphatic rings. The molecule has 0 amide bonds. The number of imidazole rings is 1. The van der Waals surface area contributed by atoms with Crippen LogP contribution in [0.25, 0.3) is 28.5 Å². The molecule has 0 aliphatic carbocycles. The molecule has 1 atom stereocenters. The van der Waals surface area contributed by atoms with Gasteiger partial charge in [-0.1, -0.05) is 54.6 Å². The maximum atomic E-state index is 13.3. The van der Waals surface area contributed by atoms with Gasteiger partial charge in [-0.15, -0.1) is 0 Å². The number of ether oxygens (including phenoxy) is 1. The zero-order valence-corrected chi connectivity index (χ0v) is 21.9. The molecule has 8 nitrogen and oxygen atoms in total. The smallest absolute Gasteiger partial charge is 0.337 e. The number of nitrogens with zero attached hydrogens (tertiary/aromatic N) is 3. The van der Waals surface area contributed by atoms with E-state index in [2.05, 4.69) is 15.3 Å². The monoisotopic (exact) mass is 520 g/mol. The van der Waals surface area contributed by atoms with Crippen LogP contribution in [0.5, 0.6) is 0 Å². The van der Waals surface area contributed by atoms with Gasteiger partial charge in [0.1, 0.15) is 11.3 Å². The summed E-state index contributed by atoms with van der Waals surface area (Å²) in [6, 6.07) is 19.2. The maximum absolute atomic E-state index is 13.3. The molecule has 4 aromatic rings. The minimum absolute atomic E-state index is 0.0970. The van der Waals surface area contributed by atoms with Gasteiger partial charge < -0.3 is 15.2 Å². The van der Waals surface area contributed by atoms with E-state index in [1.165, 1.54) is 0 Å². The molecule has 8 heteroatoms. The number of hydrogen-bond acceptors (Lipinski definition) is 6. The summed E-state index contributed by atoms with van der Waals surface area (Å²) in [7, 11) is 0. The quantitative estimate of drug-likeness (QED) is 0.319. The van der Waals surface area contributed by atoms with E-state index in [0.29, 0.717) is 11.4 Å². The molecule has 196 valence electrons. The van der Waals surface area contributed by atoms with Crippen molar-refractivity contribution in [3.8, 4) is 5.69 Å². The number of carbonyl (C=O) groups excluding carboxylic acids is 1. The number of carbonyl (C=O) groups is 2. The highest BCUT2D eigenvalue weighted by atomic mass is 16.5. The van der Waals surface area contributed by atoms with Crippen molar-refractivity contribution in [3.63, 3.8) is 0 Å². The molecule has 2 N–H and O–H groups in total. The Kier molecular flexibility index (Phi) is 7.10. The average molecular weight is 521 g/mol. The van der Waals surface area contributed by atoms with Crippen LogP contribution < -0.4 is 5.32 Å². The fraction of sp³-hybridized carbons (Fsp3) is 0.161. The number of hydrogen-bond donors (Lipinski definition) is 2. The standard InChI is InChI=1S/C31H28N4O4/c1-4-39-31(38)28-24(15-10-21-8-6-5-7-9-21)27(30(36)37)19(2)33-29(28)22-11-13-23(14-12-22)35-20(3)34-25-18-32-17-16-26(25)35/h5-18,24,33H,4H2,1-3H3,(H,36,37). The first-order chi connectivity index (χ1) is 18.9. The number of allylic oxidation sites excluding steroid dienone is 2. The van der Waals surface area contributed by atoms with Crippen LogP contribution in [-0.2, 0) is 14.3 Å². The highest BCUT2D eigenvalue weighted by Gasteiger charge is 2.36. The number of aryl methyl sites for hydroxylation is 1. The van der Waals surface area contributed by atoms with Crippen molar-refractivity contribution in [1.82, 2.24) is 19.9 Å². The van der Waals surface area contributed by atoms with E-state index in [4.69, 9.17) is 4.74 Å². The predicted octanol–water partition coefficient (Wildman–Crippen LogP) is 5.29. The number of pyridine rings is 1. The molecule has 0 saturated carbocycles. The number of benzene rings is 2. The number of dihydropyridines is 1. The van der Waals surface area contributed by atoms with Crippen LogP contribution in [0.15, 0.2) is 96.0 Å². The van der Waals surface area contributed by atoms with E-state index in [1.807, 2.05) is 78.2 Å². The van der Waals surface area contributed by atoms with Crippen molar-refractivity contribution in [1.29, 1.82) is 0 Å². The topological polar surface area (TPSA) is 106 Å². The van der Waals surface area contributed by atoms with Gasteiger partial charge in [-0.3, -0.25) is 9.55 Å². The van der Waals surface area contributed by atoms with Gasteiger partial charge in [-0.05, 0) is 50.1 Å². The SMILES string of the molecule is CCOC(=O)C1=C(c2ccc(-n3c(C)nc4cnccc43)cc2)NC(C)=C(C(=O)O)C1C=Cc1ccccc1. The Bertz CT molecular complexity index is 1650. The van der Waals surface area contributed by atoms with E-state index >= 15 is 0 Å². The molecule has 39 heavy (non-hydrogen) atoms. The Hall–Kier alpha value is -4.98. The van der Waals surface area contributed by atoms with Crippen molar-refractivity contribution >= 4 is 34.7 Å². The largest absolute Gasteiger partial charge is 0.478 e. The molecular formula is C31H28N4O4. The summed E-state index contributed by atoms with van der Waals surface area (Å²) in [6.07, 6.45) is 7.04. The Morgan fingerprint density at radius 3 is 2.49 bits per heavy atom. The van der Waals surface area contributed by atoms with E-state index in [1.54, 1.807) is 32.3 Å². The lowest BCUT2D eigenvalue weighted by Gasteiger charge is -2.29. The molecule has 2 aromatic carbocycles. The number of fused-ring (bicyclic) bond motifs is 1. The minimum Gasteiger partial charge on any atom is -0.478 e. The van der Waals surface area contributed by atoms with Crippen molar-refractivity contribution in [2.45, 2.75) is 20.8 Å². The van der Waals surface area contributed by atoms with Crippen molar-refractivity contribution in [3.05, 3.63) is 113 Å².